The Labute approximate surface area is 391 Å². The number of anilines is 3. The molecule has 2 heterocycles. The van der Waals surface area contributed by atoms with E-state index in [0.29, 0.717) is 25.9 Å². The lowest BCUT2D eigenvalue weighted by molar-refractivity contribution is -0.435. The van der Waals surface area contributed by atoms with Gasteiger partial charge in [0.05, 0.1) is 17.5 Å². The molecule has 2 aliphatic heterocycles. The lowest BCUT2D eigenvalue weighted by Crippen LogP contribution is -2.28. The van der Waals surface area contributed by atoms with Crippen LogP contribution < -0.4 is 9.80 Å². The summed E-state index contributed by atoms with van der Waals surface area (Å²) in [7, 11) is 0. The molecular formula is C61H60N3O2+. The Kier molecular flexibility index (Phi) is 12.3. The minimum Gasteiger partial charge on any atom is -0.344 e. The summed E-state index contributed by atoms with van der Waals surface area (Å²) in [6.45, 7) is 14.7. The topological polar surface area (TPSA) is 43.6 Å². The Bertz CT molecular complexity index is 2910. The maximum Gasteiger partial charge on any atom is 0.209 e. The van der Waals surface area contributed by atoms with Crippen molar-refractivity contribution in [2.24, 2.45) is 0 Å². The Morgan fingerprint density at radius 3 is 1.76 bits per heavy atom. The number of para-hydroxylation sites is 2. The molecule has 0 saturated carbocycles. The fourth-order valence-corrected chi connectivity index (χ4v) is 10.3. The number of allylic oxidation sites excluding steroid dienone is 7. The van der Waals surface area contributed by atoms with Gasteiger partial charge >= 0.3 is 0 Å². The second-order valence-corrected chi connectivity index (χ2v) is 19.0. The molecular weight excluding hydrogens is 807 g/mol. The van der Waals surface area contributed by atoms with Crippen LogP contribution >= 0.6 is 0 Å². The number of aryl methyl sites for hydroxylation is 2. The van der Waals surface area contributed by atoms with Crippen LogP contribution in [0.1, 0.15) is 96.3 Å². The third-order valence-corrected chi connectivity index (χ3v) is 13.8. The highest BCUT2D eigenvalue weighted by molar-refractivity contribution is 6.04. The van der Waals surface area contributed by atoms with Gasteiger partial charge in [0.1, 0.15) is 0 Å². The Balaban J connectivity index is 1.16. The van der Waals surface area contributed by atoms with Crippen LogP contribution in [0.4, 0.5) is 22.7 Å². The van der Waals surface area contributed by atoms with Crippen LogP contribution in [0.2, 0.25) is 0 Å². The zero-order valence-electron chi connectivity index (χ0n) is 39.2. The summed E-state index contributed by atoms with van der Waals surface area (Å²) < 4.78 is 2.38. The van der Waals surface area contributed by atoms with Gasteiger partial charge in [0.2, 0.25) is 5.69 Å². The van der Waals surface area contributed by atoms with E-state index in [2.05, 4.69) is 177 Å². The summed E-state index contributed by atoms with van der Waals surface area (Å²) in [6, 6.07) is 54.1. The molecule has 5 nitrogen and oxygen atoms in total. The third-order valence-electron chi connectivity index (χ3n) is 13.8. The average Bonchev–Trinajstić information content (AvgIpc) is 3.89. The minimum atomic E-state index is -0.290. The first-order chi connectivity index (χ1) is 31.9. The van der Waals surface area contributed by atoms with E-state index in [1.807, 2.05) is 60.7 Å². The maximum atomic E-state index is 13.6. The number of hydrogen-bond donors (Lipinski definition) is 0. The van der Waals surface area contributed by atoms with Crippen LogP contribution in [0.3, 0.4) is 0 Å². The zero-order chi connectivity index (χ0) is 46.0. The van der Waals surface area contributed by atoms with E-state index in [0.717, 1.165) is 35.3 Å². The first-order valence-electron chi connectivity index (χ1n) is 23.5. The summed E-state index contributed by atoms with van der Waals surface area (Å²) in [6.07, 6.45) is 11.9. The molecule has 0 N–H and O–H groups in total. The van der Waals surface area contributed by atoms with Crippen molar-refractivity contribution in [3.63, 3.8) is 0 Å². The molecule has 0 bridgehead atoms. The highest BCUT2D eigenvalue weighted by Gasteiger charge is 2.45. The molecule has 66 heavy (non-hydrogen) atoms. The fraction of sp³-hybridized carbons (Fsp3) is 0.230. The Hall–Kier alpha value is -7.11. The van der Waals surface area contributed by atoms with Crippen molar-refractivity contribution in [1.29, 1.82) is 0 Å². The van der Waals surface area contributed by atoms with Gasteiger partial charge in [-0.1, -0.05) is 152 Å². The number of hydrogen-bond acceptors (Lipinski definition) is 4. The zero-order valence-corrected chi connectivity index (χ0v) is 39.2. The average molecular weight is 867 g/mol. The molecule has 0 aromatic heterocycles. The van der Waals surface area contributed by atoms with Crippen molar-refractivity contribution < 1.29 is 14.2 Å². The maximum absolute atomic E-state index is 13.6. The Morgan fingerprint density at radius 1 is 0.606 bits per heavy atom. The number of rotatable bonds is 14. The van der Waals surface area contributed by atoms with E-state index in [1.165, 1.54) is 61.9 Å². The van der Waals surface area contributed by atoms with Crippen LogP contribution in [-0.2, 0) is 10.8 Å². The molecule has 0 atom stereocenters. The van der Waals surface area contributed by atoms with E-state index < -0.39 is 0 Å². The van der Waals surface area contributed by atoms with Gasteiger partial charge in [-0.05, 0) is 99.7 Å². The van der Waals surface area contributed by atoms with Crippen molar-refractivity contribution in [2.75, 3.05) is 22.9 Å². The van der Waals surface area contributed by atoms with Crippen molar-refractivity contribution in [3.05, 3.63) is 238 Å². The van der Waals surface area contributed by atoms with Gasteiger partial charge in [0.15, 0.2) is 23.8 Å². The van der Waals surface area contributed by atoms with E-state index in [-0.39, 0.29) is 22.4 Å². The SMILES string of the molecule is Cc1ccc2c(c1)C(C)(C)C(/C=C/C1=C(N(c3ccccc3)c3ccccc3)C(=C/C=C3/N(CCC(=O)c4ccccc4)c4ccc(C)cc4C3(C)C)/CC1)=[N+]2CCC(=O)c1ccccc1. The molecule has 0 spiro atoms. The highest BCUT2D eigenvalue weighted by atomic mass is 16.1. The number of nitrogens with zero attached hydrogens (tertiary/aromatic N) is 3. The number of Topliss-reactive ketones (excluding diaryl/α,β-unsaturated/α-hetero) is 2. The van der Waals surface area contributed by atoms with Gasteiger partial charge in [0.25, 0.3) is 0 Å². The summed E-state index contributed by atoms with van der Waals surface area (Å²) >= 11 is 0. The summed E-state index contributed by atoms with van der Waals surface area (Å²) in [4.78, 5) is 31.9. The number of ketones is 2. The molecule has 1 aliphatic carbocycles. The molecule has 6 aromatic rings. The summed E-state index contributed by atoms with van der Waals surface area (Å²) in [5, 5.41) is 0. The van der Waals surface area contributed by atoms with Gasteiger partial charge in [0, 0.05) is 70.0 Å². The predicted molar refractivity (Wildman–Crippen MR) is 273 cm³/mol. The lowest BCUT2D eigenvalue weighted by Gasteiger charge is -2.29. The van der Waals surface area contributed by atoms with Gasteiger partial charge in [-0.3, -0.25) is 9.59 Å². The molecule has 0 saturated heterocycles. The van der Waals surface area contributed by atoms with Crippen LogP contribution in [0.5, 0.6) is 0 Å². The van der Waals surface area contributed by atoms with Gasteiger partial charge < -0.3 is 9.80 Å². The Morgan fingerprint density at radius 2 is 1.15 bits per heavy atom. The highest BCUT2D eigenvalue weighted by Crippen LogP contribution is 2.49. The summed E-state index contributed by atoms with van der Waals surface area (Å²) in [5.41, 5.74) is 16.5. The van der Waals surface area contributed by atoms with Gasteiger partial charge in [-0.25, -0.2) is 0 Å². The van der Waals surface area contributed by atoms with Crippen LogP contribution in [0.15, 0.2) is 205 Å². The second-order valence-electron chi connectivity index (χ2n) is 19.0. The molecule has 5 heteroatoms. The van der Waals surface area contributed by atoms with Gasteiger partial charge in [-0.2, -0.15) is 4.58 Å². The summed E-state index contributed by atoms with van der Waals surface area (Å²) in [5.74, 6) is 0.293. The molecule has 0 radical (unpaired) electrons. The lowest BCUT2D eigenvalue weighted by atomic mass is 9.80. The monoisotopic (exact) mass is 866 g/mol. The van der Waals surface area contributed by atoms with E-state index in [9.17, 15) is 9.59 Å². The molecule has 330 valence electrons. The number of carbonyl (C=O) groups excluding carboxylic acids is 2. The second kappa shape index (κ2) is 18.4. The molecule has 6 aromatic carbocycles. The van der Waals surface area contributed by atoms with Gasteiger partial charge in [-0.15, -0.1) is 0 Å². The van der Waals surface area contributed by atoms with Crippen molar-refractivity contribution in [1.82, 2.24) is 0 Å². The smallest absolute Gasteiger partial charge is 0.209 e. The van der Waals surface area contributed by atoms with E-state index in [4.69, 9.17) is 0 Å². The molecule has 0 amide bonds. The minimum absolute atomic E-state index is 0.147. The number of fused-ring (bicyclic) bond motifs is 2. The van der Waals surface area contributed by atoms with Crippen molar-refractivity contribution in [2.45, 2.75) is 78.1 Å². The molecule has 0 fully saturated rings. The largest absolute Gasteiger partial charge is 0.344 e. The molecule has 9 rings (SSSR count). The molecule has 3 aliphatic rings. The first kappa shape index (κ1) is 44.1. The van der Waals surface area contributed by atoms with E-state index >= 15 is 0 Å². The fourth-order valence-electron chi connectivity index (χ4n) is 10.3. The third kappa shape index (κ3) is 8.58. The first-order valence-corrected chi connectivity index (χ1v) is 23.5. The quantitative estimate of drug-likeness (QED) is 0.0808. The standard InChI is InChI=1S/C61H60N3O2/c1-43-27-33-53-51(41-43)60(3,4)57(62(53)39-37-55(65)45-19-11-7-12-20-45)35-31-47-29-30-48(59(47)64(49-23-15-9-16-24-49)50-25-17-10-18-26-50)32-36-58-61(5,6)52-42-44(2)28-34-54(52)63(58)40-38-56(66)46-21-13-8-14-22-46/h7-28,31-36,41-42H,29-30,37-40H2,1-6H3/q+1. The number of carbonyl (C=O) groups is 2. The normalized spacial score (nSPS) is 17.3. The van der Waals surface area contributed by atoms with Crippen molar-refractivity contribution in [3.8, 4) is 0 Å². The van der Waals surface area contributed by atoms with Crippen LogP contribution in [0.25, 0.3) is 0 Å². The number of benzene rings is 6. The molecule has 0 unspecified atom stereocenters. The van der Waals surface area contributed by atoms with Crippen LogP contribution in [0, 0.1) is 13.8 Å². The van der Waals surface area contributed by atoms with E-state index in [1.54, 1.807) is 0 Å². The van der Waals surface area contributed by atoms with Crippen LogP contribution in [-0.4, -0.2) is 34.9 Å². The predicted octanol–water partition coefficient (Wildman–Crippen LogP) is 14.3. The van der Waals surface area contributed by atoms with Crippen molar-refractivity contribution >= 4 is 40.0 Å².